The number of anilines is 2. The first kappa shape index (κ1) is 16.1. The van der Waals surface area contributed by atoms with Gasteiger partial charge in [-0.15, -0.1) is 0 Å². The Hall–Kier alpha value is -2.42. The quantitative estimate of drug-likeness (QED) is 0.739. The molecule has 1 unspecified atom stereocenters. The van der Waals surface area contributed by atoms with E-state index in [0.29, 0.717) is 11.3 Å². The van der Waals surface area contributed by atoms with Crippen LogP contribution in [0.4, 0.5) is 11.6 Å². The zero-order chi connectivity index (χ0) is 17.1. The summed E-state index contributed by atoms with van der Waals surface area (Å²) < 4.78 is 4.79. The molecule has 4 heterocycles. The largest absolute Gasteiger partial charge is 0.360 e. The number of hydrogen-bond acceptors (Lipinski definition) is 9. The molecule has 9 heteroatoms. The maximum absolute atomic E-state index is 4.79. The first-order valence-electron chi connectivity index (χ1n) is 8.34. The van der Waals surface area contributed by atoms with E-state index in [0.717, 1.165) is 48.2 Å². The van der Waals surface area contributed by atoms with Crippen LogP contribution in [0.1, 0.15) is 24.9 Å². The topological polar surface area (TPSA) is 92.9 Å². The van der Waals surface area contributed by atoms with Crippen LogP contribution in [0.5, 0.6) is 0 Å². The molecular formula is C16H19N7OS. The van der Waals surface area contributed by atoms with Gasteiger partial charge >= 0.3 is 0 Å². The predicted octanol–water partition coefficient (Wildman–Crippen LogP) is 2.52. The second-order valence-electron chi connectivity index (χ2n) is 5.79. The Labute approximate surface area is 149 Å². The molecule has 0 saturated carbocycles. The van der Waals surface area contributed by atoms with Gasteiger partial charge in [-0.05, 0) is 34.4 Å². The fraction of sp³-hybridized carbons (Fsp3) is 0.438. The number of thioether (sulfide) groups is 1. The van der Waals surface area contributed by atoms with Crippen molar-refractivity contribution >= 4 is 34.7 Å². The van der Waals surface area contributed by atoms with Gasteiger partial charge < -0.3 is 10.2 Å². The Morgan fingerprint density at radius 2 is 1.88 bits per heavy atom. The van der Waals surface area contributed by atoms with E-state index in [4.69, 9.17) is 4.63 Å². The Morgan fingerprint density at radius 3 is 2.60 bits per heavy atom. The zero-order valence-electron chi connectivity index (χ0n) is 13.9. The average Bonchev–Trinajstić information content (AvgIpc) is 3.14. The minimum Gasteiger partial charge on any atom is -0.360 e. The molecule has 0 radical (unpaired) electrons. The molecule has 3 aromatic rings. The highest BCUT2D eigenvalue weighted by molar-refractivity contribution is 7.99. The Kier molecular flexibility index (Phi) is 4.64. The van der Waals surface area contributed by atoms with Crippen LogP contribution in [0, 0.1) is 0 Å². The molecule has 1 atom stereocenters. The maximum Gasteiger partial charge on any atom is 0.245 e. The van der Waals surface area contributed by atoms with Crippen LogP contribution in [0.15, 0.2) is 29.2 Å². The van der Waals surface area contributed by atoms with E-state index in [1.54, 1.807) is 12.4 Å². The number of fused-ring (bicyclic) bond motifs is 1. The summed E-state index contributed by atoms with van der Waals surface area (Å²) >= 11 is 1.96. The lowest BCUT2D eigenvalue weighted by molar-refractivity contribution is 0.314. The zero-order valence-corrected chi connectivity index (χ0v) is 14.7. The number of hydrogen-bond donors (Lipinski definition) is 1. The standard InChI is InChI=1S/C16H19N7OS/c1-2-12(11-3-5-17-6-4-11)18-15-16(23-7-9-25-10-8-23)20-14-13(19-15)21-24-22-14/h3-6,12H,2,7-10H2,1H3,(H,18,19,21). The third-order valence-corrected chi connectivity index (χ3v) is 5.18. The summed E-state index contributed by atoms with van der Waals surface area (Å²) in [7, 11) is 0. The number of rotatable bonds is 5. The second-order valence-corrected chi connectivity index (χ2v) is 7.02. The molecular weight excluding hydrogens is 338 g/mol. The lowest BCUT2D eigenvalue weighted by Crippen LogP contribution is -2.34. The molecule has 0 spiro atoms. The molecule has 8 nitrogen and oxygen atoms in total. The van der Waals surface area contributed by atoms with Crippen LogP contribution in [0.25, 0.3) is 11.3 Å². The van der Waals surface area contributed by atoms with Crippen LogP contribution in [0.2, 0.25) is 0 Å². The van der Waals surface area contributed by atoms with Gasteiger partial charge in [0.25, 0.3) is 0 Å². The maximum atomic E-state index is 4.79. The highest BCUT2D eigenvalue weighted by atomic mass is 32.2. The van der Waals surface area contributed by atoms with E-state index in [-0.39, 0.29) is 6.04 Å². The van der Waals surface area contributed by atoms with Gasteiger partial charge in [0.05, 0.1) is 6.04 Å². The van der Waals surface area contributed by atoms with Crippen LogP contribution >= 0.6 is 11.8 Å². The highest BCUT2D eigenvalue weighted by Gasteiger charge is 2.22. The SMILES string of the molecule is CCC(Nc1nc2nonc2nc1N1CCSCC1)c1ccncc1. The average molecular weight is 357 g/mol. The van der Waals surface area contributed by atoms with Gasteiger partial charge in [0.15, 0.2) is 11.6 Å². The summed E-state index contributed by atoms with van der Waals surface area (Å²) in [4.78, 5) is 15.6. The third kappa shape index (κ3) is 3.37. The van der Waals surface area contributed by atoms with Gasteiger partial charge in [-0.3, -0.25) is 4.98 Å². The fourth-order valence-corrected chi connectivity index (χ4v) is 3.81. The van der Waals surface area contributed by atoms with Gasteiger partial charge in [0.2, 0.25) is 11.3 Å². The van der Waals surface area contributed by atoms with Gasteiger partial charge in [-0.1, -0.05) is 6.92 Å². The minimum absolute atomic E-state index is 0.118. The van der Waals surface area contributed by atoms with Crippen LogP contribution in [-0.4, -0.2) is 49.9 Å². The lowest BCUT2D eigenvalue weighted by atomic mass is 10.1. The van der Waals surface area contributed by atoms with Crippen molar-refractivity contribution in [3.8, 4) is 0 Å². The molecule has 4 rings (SSSR count). The lowest BCUT2D eigenvalue weighted by Gasteiger charge is -2.29. The van der Waals surface area contributed by atoms with Gasteiger partial charge in [-0.25, -0.2) is 14.6 Å². The first-order chi connectivity index (χ1) is 12.3. The molecule has 1 aliphatic rings. The Morgan fingerprint density at radius 1 is 1.16 bits per heavy atom. The van der Waals surface area contributed by atoms with E-state index in [2.05, 4.69) is 42.4 Å². The molecule has 130 valence electrons. The van der Waals surface area contributed by atoms with Gasteiger partial charge in [0, 0.05) is 37.0 Å². The Balaban J connectivity index is 1.71. The normalized spacial score (nSPS) is 16.1. The number of nitrogens with zero attached hydrogens (tertiary/aromatic N) is 6. The molecule has 0 aliphatic carbocycles. The van der Waals surface area contributed by atoms with Crippen LogP contribution in [0.3, 0.4) is 0 Å². The second kappa shape index (κ2) is 7.22. The van der Waals surface area contributed by atoms with Crippen molar-refractivity contribution in [3.05, 3.63) is 30.1 Å². The summed E-state index contributed by atoms with van der Waals surface area (Å²) in [5.74, 6) is 3.70. The van der Waals surface area contributed by atoms with Gasteiger partial charge in [-0.2, -0.15) is 11.8 Å². The van der Waals surface area contributed by atoms with Crippen LogP contribution in [-0.2, 0) is 0 Å². The van der Waals surface area contributed by atoms with Crippen molar-refractivity contribution in [2.24, 2.45) is 0 Å². The summed E-state index contributed by atoms with van der Waals surface area (Å²) in [5.41, 5.74) is 2.02. The van der Waals surface area contributed by atoms with Crippen molar-refractivity contribution < 1.29 is 4.63 Å². The summed E-state index contributed by atoms with van der Waals surface area (Å²) in [5, 5.41) is 11.2. The fourth-order valence-electron chi connectivity index (χ4n) is 2.90. The molecule has 25 heavy (non-hydrogen) atoms. The molecule has 1 aliphatic heterocycles. The van der Waals surface area contributed by atoms with E-state index in [1.807, 2.05) is 23.9 Å². The smallest absolute Gasteiger partial charge is 0.245 e. The Bertz CT molecular complexity index is 835. The van der Waals surface area contributed by atoms with Crippen LogP contribution < -0.4 is 10.2 Å². The molecule has 1 N–H and O–H groups in total. The number of pyridine rings is 1. The van der Waals surface area contributed by atoms with E-state index < -0.39 is 0 Å². The van der Waals surface area contributed by atoms with Crippen molar-refractivity contribution in [1.29, 1.82) is 0 Å². The highest BCUT2D eigenvalue weighted by Crippen LogP contribution is 2.30. The monoisotopic (exact) mass is 357 g/mol. The van der Waals surface area contributed by atoms with Crippen molar-refractivity contribution in [2.75, 3.05) is 34.8 Å². The molecule has 0 amide bonds. The van der Waals surface area contributed by atoms with E-state index >= 15 is 0 Å². The summed E-state index contributed by atoms with van der Waals surface area (Å²) in [6, 6.07) is 4.15. The molecule has 0 bridgehead atoms. The summed E-state index contributed by atoms with van der Waals surface area (Å²) in [6.45, 7) is 4.02. The van der Waals surface area contributed by atoms with Crippen molar-refractivity contribution in [2.45, 2.75) is 19.4 Å². The molecule has 0 aromatic carbocycles. The van der Waals surface area contributed by atoms with E-state index in [1.165, 1.54) is 0 Å². The molecule has 3 aromatic heterocycles. The third-order valence-electron chi connectivity index (χ3n) is 4.23. The van der Waals surface area contributed by atoms with Crippen molar-refractivity contribution in [3.63, 3.8) is 0 Å². The number of aromatic nitrogens is 5. The number of nitrogens with one attached hydrogen (secondary N) is 1. The minimum atomic E-state index is 0.118. The predicted molar refractivity (Wildman–Crippen MR) is 97.8 cm³/mol. The van der Waals surface area contributed by atoms with Crippen molar-refractivity contribution in [1.82, 2.24) is 25.3 Å². The van der Waals surface area contributed by atoms with Gasteiger partial charge in [0.1, 0.15) is 0 Å². The molecule has 1 fully saturated rings. The molecule has 1 saturated heterocycles. The first-order valence-corrected chi connectivity index (χ1v) is 9.50. The van der Waals surface area contributed by atoms with E-state index in [9.17, 15) is 0 Å². The summed E-state index contributed by atoms with van der Waals surface area (Å²) in [6.07, 6.45) is 4.52.